The monoisotopic (exact) mass is 257 g/mol. The topological polar surface area (TPSA) is 37.8 Å². The highest BCUT2D eigenvalue weighted by Crippen LogP contribution is 2.20. The van der Waals surface area contributed by atoms with Crippen molar-refractivity contribution in [1.29, 1.82) is 0 Å². The molecule has 0 saturated heterocycles. The Bertz CT molecular complexity index is 378. The van der Waals surface area contributed by atoms with E-state index in [0.717, 1.165) is 18.7 Å². The highest BCUT2D eigenvalue weighted by molar-refractivity contribution is 7.79. The zero-order valence-corrected chi connectivity index (χ0v) is 11.3. The van der Waals surface area contributed by atoms with Gasteiger partial charge in [-0.3, -0.25) is 0 Å². The van der Waals surface area contributed by atoms with Crippen LogP contribution < -0.4 is 5.32 Å². The van der Waals surface area contributed by atoms with Crippen molar-refractivity contribution in [3.8, 4) is 0 Å². The van der Waals surface area contributed by atoms with Gasteiger partial charge in [0.2, 0.25) is 0 Å². The van der Waals surface area contributed by atoms with E-state index in [4.69, 9.17) is 23.8 Å². The van der Waals surface area contributed by atoms with Gasteiger partial charge in [0.1, 0.15) is 16.8 Å². The Labute approximate surface area is 107 Å². The number of hydrogen-bond acceptors (Lipinski definition) is 4. The molecule has 0 aliphatic heterocycles. The molecule has 88 valence electrons. The first-order valence-electron chi connectivity index (χ1n) is 5.38. The fourth-order valence-electron chi connectivity index (χ4n) is 1.45. The number of rotatable bonds is 5. The molecule has 0 unspecified atom stereocenters. The molecule has 0 fully saturated rings. The number of thiocarbonyl (C=S) groups is 1. The molecule has 0 saturated carbocycles. The van der Waals surface area contributed by atoms with Gasteiger partial charge in [-0.2, -0.15) is 0 Å². The Balaban J connectivity index is 3.06. The second-order valence-corrected chi connectivity index (χ2v) is 4.19. The van der Waals surface area contributed by atoms with Crippen LogP contribution in [0.4, 0.5) is 5.82 Å². The molecule has 0 aliphatic carbocycles. The molecule has 1 rings (SSSR count). The van der Waals surface area contributed by atoms with E-state index in [1.165, 1.54) is 5.37 Å². The minimum Gasteiger partial charge on any atom is -0.367 e. The van der Waals surface area contributed by atoms with E-state index in [-0.39, 0.29) is 0 Å². The molecule has 0 radical (unpaired) electrons. The van der Waals surface area contributed by atoms with Gasteiger partial charge in [0.15, 0.2) is 0 Å². The molecule has 3 nitrogen and oxygen atoms in total. The van der Waals surface area contributed by atoms with Crippen LogP contribution in [-0.2, 0) is 0 Å². The molecule has 0 spiro atoms. The maximum absolute atomic E-state index is 6.02. The predicted octanol–water partition coefficient (Wildman–Crippen LogP) is 3.39. The SMILES string of the molecule is CCC(CC)Nc1nc(C)nc(Cl)c1C=S. The molecule has 1 heterocycles. The quantitative estimate of drug-likeness (QED) is 0.648. The van der Waals surface area contributed by atoms with Crippen molar-refractivity contribution in [2.45, 2.75) is 39.7 Å². The van der Waals surface area contributed by atoms with Crippen LogP contribution in [0.25, 0.3) is 0 Å². The Kier molecular flexibility index (Phi) is 5.09. The first-order valence-corrected chi connectivity index (χ1v) is 6.23. The van der Waals surface area contributed by atoms with E-state index < -0.39 is 0 Å². The summed E-state index contributed by atoms with van der Waals surface area (Å²) in [5.74, 6) is 1.39. The summed E-state index contributed by atoms with van der Waals surface area (Å²) in [6, 6.07) is 0.388. The van der Waals surface area contributed by atoms with Crippen molar-refractivity contribution in [1.82, 2.24) is 9.97 Å². The van der Waals surface area contributed by atoms with Gasteiger partial charge in [0, 0.05) is 11.4 Å². The second-order valence-electron chi connectivity index (χ2n) is 3.60. The normalized spacial score (nSPS) is 10.6. The minimum atomic E-state index is 0.388. The van der Waals surface area contributed by atoms with E-state index in [1.54, 1.807) is 0 Å². The number of anilines is 1. The summed E-state index contributed by atoms with van der Waals surface area (Å²) in [7, 11) is 0. The zero-order chi connectivity index (χ0) is 12.1. The van der Waals surface area contributed by atoms with Crippen LogP contribution in [0.1, 0.15) is 38.1 Å². The summed E-state index contributed by atoms with van der Waals surface area (Å²) in [6.45, 7) is 6.08. The molecule has 0 atom stereocenters. The van der Waals surface area contributed by atoms with Crippen molar-refractivity contribution in [2.75, 3.05) is 5.32 Å². The van der Waals surface area contributed by atoms with Crippen LogP contribution in [-0.4, -0.2) is 21.4 Å². The van der Waals surface area contributed by atoms with Gasteiger partial charge in [-0.25, -0.2) is 9.97 Å². The second kappa shape index (κ2) is 6.11. The van der Waals surface area contributed by atoms with Gasteiger partial charge in [-0.05, 0) is 19.8 Å². The van der Waals surface area contributed by atoms with Crippen molar-refractivity contribution < 1.29 is 0 Å². The molecule has 1 N–H and O–H groups in total. The van der Waals surface area contributed by atoms with Gasteiger partial charge >= 0.3 is 0 Å². The Morgan fingerprint density at radius 1 is 1.38 bits per heavy atom. The van der Waals surface area contributed by atoms with Crippen LogP contribution in [0, 0.1) is 6.92 Å². The molecule has 1 aromatic heterocycles. The van der Waals surface area contributed by atoms with Gasteiger partial charge < -0.3 is 5.32 Å². The van der Waals surface area contributed by atoms with Gasteiger partial charge in [0.05, 0.1) is 5.56 Å². The number of hydrogen-bond donors (Lipinski definition) is 1. The smallest absolute Gasteiger partial charge is 0.142 e. The number of aromatic nitrogens is 2. The largest absolute Gasteiger partial charge is 0.367 e. The van der Waals surface area contributed by atoms with Crippen molar-refractivity contribution in [3.05, 3.63) is 16.5 Å². The molecular weight excluding hydrogens is 242 g/mol. The first-order chi connectivity index (χ1) is 7.62. The Hall–Kier alpha value is -0.740. The van der Waals surface area contributed by atoms with Crippen LogP contribution in [0.3, 0.4) is 0 Å². The molecule has 16 heavy (non-hydrogen) atoms. The lowest BCUT2D eigenvalue weighted by Crippen LogP contribution is -2.19. The van der Waals surface area contributed by atoms with Crippen LogP contribution in [0.15, 0.2) is 0 Å². The van der Waals surface area contributed by atoms with Crippen molar-refractivity contribution in [3.63, 3.8) is 0 Å². The van der Waals surface area contributed by atoms with Crippen LogP contribution in [0.2, 0.25) is 5.15 Å². The summed E-state index contributed by atoms with van der Waals surface area (Å²) >= 11 is 10.9. The van der Waals surface area contributed by atoms with Crippen molar-refractivity contribution >= 4 is 35.0 Å². The lowest BCUT2D eigenvalue weighted by Gasteiger charge is -2.17. The average molecular weight is 258 g/mol. The molecule has 0 bridgehead atoms. The summed E-state index contributed by atoms with van der Waals surface area (Å²) in [4.78, 5) is 8.42. The average Bonchev–Trinajstić information content (AvgIpc) is 2.25. The Morgan fingerprint density at radius 3 is 2.50 bits per heavy atom. The zero-order valence-electron chi connectivity index (χ0n) is 9.75. The number of nitrogens with zero attached hydrogens (tertiary/aromatic N) is 2. The lowest BCUT2D eigenvalue weighted by atomic mass is 10.1. The summed E-state index contributed by atoms with van der Waals surface area (Å²) in [5, 5.41) is 5.28. The molecule has 5 heteroatoms. The molecule has 0 aromatic carbocycles. The van der Waals surface area contributed by atoms with E-state index >= 15 is 0 Å². The van der Waals surface area contributed by atoms with Crippen molar-refractivity contribution in [2.24, 2.45) is 0 Å². The third-order valence-corrected chi connectivity index (χ3v) is 2.98. The number of aryl methyl sites for hydroxylation is 1. The number of halogens is 1. The Morgan fingerprint density at radius 2 is 2.00 bits per heavy atom. The number of nitrogens with one attached hydrogen (secondary N) is 1. The fraction of sp³-hybridized carbons (Fsp3) is 0.545. The molecule has 0 amide bonds. The summed E-state index contributed by atoms with van der Waals surface area (Å²) in [5.41, 5.74) is 0.703. The fourth-order valence-corrected chi connectivity index (χ4v) is 2.00. The van der Waals surface area contributed by atoms with Crippen LogP contribution >= 0.6 is 23.8 Å². The van der Waals surface area contributed by atoms with Gasteiger partial charge in [-0.1, -0.05) is 37.7 Å². The molecule has 0 aliphatic rings. The van der Waals surface area contributed by atoms with E-state index in [9.17, 15) is 0 Å². The van der Waals surface area contributed by atoms with E-state index in [1.807, 2.05) is 6.92 Å². The highest BCUT2D eigenvalue weighted by atomic mass is 35.5. The van der Waals surface area contributed by atoms with Gasteiger partial charge in [0.25, 0.3) is 0 Å². The maximum atomic E-state index is 6.02. The lowest BCUT2D eigenvalue weighted by molar-refractivity contribution is 0.667. The predicted molar refractivity (Wildman–Crippen MR) is 72.5 cm³/mol. The maximum Gasteiger partial charge on any atom is 0.142 e. The van der Waals surface area contributed by atoms with Gasteiger partial charge in [-0.15, -0.1) is 0 Å². The minimum absolute atomic E-state index is 0.388. The molecule has 1 aromatic rings. The van der Waals surface area contributed by atoms with Crippen LogP contribution in [0.5, 0.6) is 0 Å². The standard InChI is InChI=1S/C11H16ClN3S/c1-4-8(5-2)15-11-9(6-16)10(12)13-7(3)14-11/h6,8H,4-5H2,1-3H3,(H,13,14,15). The third-order valence-electron chi connectivity index (χ3n) is 2.46. The highest BCUT2D eigenvalue weighted by Gasteiger charge is 2.12. The summed E-state index contributed by atoms with van der Waals surface area (Å²) < 4.78 is 0. The van der Waals surface area contributed by atoms with E-state index in [0.29, 0.717) is 22.6 Å². The first kappa shape index (κ1) is 13.3. The third kappa shape index (κ3) is 3.12. The molecular formula is C11H16ClN3S. The summed E-state index contributed by atoms with van der Waals surface area (Å²) in [6.07, 6.45) is 2.07. The van der Waals surface area contributed by atoms with E-state index in [2.05, 4.69) is 29.1 Å².